The fourth-order valence-electron chi connectivity index (χ4n) is 5.35. The van der Waals surface area contributed by atoms with Crippen LogP contribution < -0.4 is 0 Å². The molecule has 2 aliphatic rings. The van der Waals surface area contributed by atoms with Crippen LogP contribution in [0.5, 0.6) is 0 Å². The molecule has 0 spiro atoms. The maximum atomic E-state index is 13.6. The molecule has 0 bridgehead atoms. The van der Waals surface area contributed by atoms with E-state index in [0.717, 1.165) is 20.1 Å². The Bertz CT molecular complexity index is 2260. The Morgan fingerprint density at radius 3 is 1.85 bits per heavy atom. The Hall–Kier alpha value is -4.46. The average Bonchev–Trinajstić information content (AvgIpc) is 3.10. The number of rotatable bonds is 6. The van der Waals surface area contributed by atoms with Gasteiger partial charge >= 0.3 is 11.5 Å². The Labute approximate surface area is 303 Å². The van der Waals surface area contributed by atoms with Gasteiger partial charge in [-0.3, -0.25) is 4.79 Å². The van der Waals surface area contributed by atoms with Crippen molar-refractivity contribution < 1.29 is 19.1 Å². The van der Waals surface area contributed by atoms with Crippen LogP contribution in [0.2, 0.25) is 10.0 Å². The molecule has 0 atom stereocenters. The fourth-order valence-corrected chi connectivity index (χ4v) is 6.34. The maximum Gasteiger partial charge on any atom is 0.362 e. The summed E-state index contributed by atoms with van der Waals surface area (Å²) in [7, 11) is 0. The van der Waals surface area contributed by atoms with Crippen LogP contribution in [-0.2, 0) is 9.53 Å². The van der Waals surface area contributed by atoms with Gasteiger partial charge in [0.2, 0.25) is 5.78 Å². The maximum absolute atomic E-state index is 13.6. The van der Waals surface area contributed by atoms with E-state index in [1.165, 1.54) is 0 Å². The van der Waals surface area contributed by atoms with Gasteiger partial charge in [-0.1, -0.05) is 91.5 Å². The number of benzene rings is 4. The minimum atomic E-state index is -0.289. The van der Waals surface area contributed by atoms with E-state index in [0.29, 0.717) is 55.3 Å². The zero-order valence-electron chi connectivity index (χ0n) is 24.9. The van der Waals surface area contributed by atoms with Crippen LogP contribution in [0.3, 0.4) is 0 Å². The number of halogens is 4. The van der Waals surface area contributed by atoms with Crippen molar-refractivity contribution in [3.63, 3.8) is 0 Å². The molecule has 0 radical (unpaired) electrons. The van der Waals surface area contributed by atoms with Gasteiger partial charge in [-0.15, -0.1) is 0 Å². The van der Waals surface area contributed by atoms with Crippen molar-refractivity contribution in [2.45, 2.75) is 0 Å². The third-order valence-electron chi connectivity index (χ3n) is 7.79. The lowest BCUT2D eigenvalue weighted by molar-refractivity contribution is -0.113. The first kappa shape index (κ1) is 32.1. The topological polar surface area (TPSA) is 57.8 Å². The highest BCUT2D eigenvalue weighted by Crippen LogP contribution is 2.39. The SMILES string of the molecule is O=C1C(=Cc2cc(-c3ccc(Br)cc3)[o+]c(-c3ccccc3Cl)c2)C(O)=C1C=C1C=C(c2ccc(Br)cc2)OC(c2ccccc2Cl)=C1. The van der Waals surface area contributed by atoms with E-state index in [1.54, 1.807) is 36.4 Å². The van der Waals surface area contributed by atoms with Crippen LogP contribution in [0.1, 0.15) is 16.7 Å². The van der Waals surface area contributed by atoms with Gasteiger partial charge in [0.1, 0.15) is 17.3 Å². The van der Waals surface area contributed by atoms with Crippen molar-refractivity contribution in [1.29, 1.82) is 0 Å². The van der Waals surface area contributed by atoms with Gasteiger partial charge < -0.3 is 9.84 Å². The smallest absolute Gasteiger partial charge is 0.362 e. The number of aliphatic hydroxyl groups is 1. The minimum Gasteiger partial charge on any atom is -0.506 e. The van der Waals surface area contributed by atoms with E-state index in [9.17, 15) is 9.90 Å². The molecule has 1 N–H and O–H groups in total. The molecule has 5 aromatic rings. The number of allylic oxidation sites excluding steroid dienone is 6. The first-order valence-corrected chi connectivity index (χ1v) is 17.1. The second kappa shape index (κ2) is 13.6. The van der Waals surface area contributed by atoms with Crippen molar-refractivity contribution in [3.05, 3.63) is 186 Å². The molecule has 0 fully saturated rings. The summed E-state index contributed by atoms with van der Waals surface area (Å²) in [5.41, 5.74) is 4.81. The summed E-state index contributed by atoms with van der Waals surface area (Å²) in [6.45, 7) is 0. The summed E-state index contributed by atoms with van der Waals surface area (Å²) in [5, 5.41) is 12.3. The summed E-state index contributed by atoms with van der Waals surface area (Å²) < 4.78 is 14.5. The molecule has 0 saturated carbocycles. The quantitative estimate of drug-likeness (QED) is 0.137. The minimum absolute atomic E-state index is 0.101. The van der Waals surface area contributed by atoms with Gasteiger partial charge in [0.25, 0.3) is 0 Å². The number of aliphatic hydroxyl groups excluding tert-OH is 1. The summed E-state index contributed by atoms with van der Waals surface area (Å²) in [4.78, 5) is 13.6. The zero-order chi connectivity index (χ0) is 33.4. The van der Waals surface area contributed by atoms with Crippen LogP contribution in [0.25, 0.3) is 40.2 Å². The summed E-state index contributed by atoms with van der Waals surface area (Å²) in [6.07, 6.45) is 6.96. The first-order chi connectivity index (χ1) is 23.2. The van der Waals surface area contributed by atoms with Gasteiger partial charge in [-0.25, -0.2) is 4.42 Å². The molecular formula is C40H23Br2Cl2O4+. The van der Waals surface area contributed by atoms with Crippen molar-refractivity contribution in [2.24, 2.45) is 0 Å². The van der Waals surface area contributed by atoms with E-state index in [-0.39, 0.29) is 22.7 Å². The Morgan fingerprint density at radius 2 is 1.23 bits per heavy atom. The number of carbonyl (C=O) groups is 1. The Morgan fingerprint density at radius 1 is 0.667 bits per heavy atom. The number of carbonyl (C=O) groups excluding carboxylic acids is 1. The van der Waals surface area contributed by atoms with Crippen molar-refractivity contribution >= 4 is 78.4 Å². The van der Waals surface area contributed by atoms with E-state index in [4.69, 9.17) is 32.4 Å². The predicted molar refractivity (Wildman–Crippen MR) is 200 cm³/mol. The van der Waals surface area contributed by atoms with Gasteiger partial charge in [0, 0.05) is 20.1 Å². The predicted octanol–water partition coefficient (Wildman–Crippen LogP) is 12.5. The highest BCUT2D eigenvalue weighted by atomic mass is 79.9. The lowest BCUT2D eigenvalue weighted by Gasteiger charge is -2.22. The molecule has 0 saturated heterocycles. The van der Waals surface area contributed by atoms with Gasteiger partial charge in [0.15, 0.2) is 0 Å². The second-order valence-electron chi connectivity index (χ2n) is 11.0. The third kappa shape index (κ3) is 6.62. The summed E-state index contributed by atoms with van der Waals surface area (Å²) in [6, 6.07) is 33.8. The van der Waals surface area contributed by atoms with Crippen LogP contribution in [0.4, 0.5) is 0 Å². The number of ether oxygens (including phenoxy) is 1. The molecule has 4 aromatic carbocycles. The summed E-state index contributed by atoms with van der Waals surface area (Å²) >= 11 is 20.0. The molecule has 0 amide bonds. The molecule has 8 heteroatoms. The molecular weight excluding hydrogens is 775 g/mol. The molecule has 1 aromatic heterocycles. The molecule has 48 heavy (non-hydrogen) atoms. The zero-order valence-corrected chi connectivity index (χ0v) is 29.6. The van der Waals surface area contributed by atoms with E-state index in [2.05, 4.69) is 31.9 Å². The number of hydrogen-bond donors (Lipinski definition) is 1. The van der Waals surface area contributed by atoms with Gasteiger partial charge in [0.05, 0.1) is 44.5 Å². The van der Waals surface area contributed by atoms with Crippen molar-refractivity contribution in [3.8, 4) is 22.6 Å². The Kier molecular flexibility index (Phi) is 9.08. The molecule has 4 nitrogen and oxygen atoms in total. The fraction of sp³-hybridized carbons (Fsp3) is 0. The number of ketones is 1. The van der Waals surface area contributed by atoms with Crippen molar-refractivity contribution in [1.82, 2.24) is 0 Å². The Balaban J connectivity index is 1.29. The van der Waals surface area contributed by atoms with Crippen LogP contribution in [0, 0.1) is 0 Å². The largest absolute Gasteiger partial charge is 0.506 e. The molecule has 234 valence electrons. The van der Waals surface area contributed by atoms with Crippen molar-refractivity contribution in [2.75, 3.05) is 0 Å². The summed E-state index contributed by atoms with van der Waals surface area (Å²) in [5.74, 6) is 1.81. The molecule has 2 heterocycles. The highest BCUT2D eigenvalue weighted by Gasteiger charge is 2.33. The normalized spacial score (nSPS) is 16.0. The lowest BCUT2D eigenvalue weighted by Crippen LogP contribution is -2.21. The lowest BCUT2D eigenvalue weighted by atomic mass is 9.85. The molecule has 0 unspecified atom stereocenters. The number of hydrogen-bond acceptors (Lipinski definition) is 3. The van der Waals surface area contributed by atoms with Crippen LogP contribution in [-0.4, -0.2) is 10.9 Å². The van der Waals surface area contributed by atoms with E-state index in [1.807, 2.05) is 97.1 Å². The first-order valence-electron chi connectivity index (χ1n) is 14.8. The molecule has 7 rings (SSSR count). The average molecular weight is 798 g/mol. The van der Waals surface area contributed by atoms with E-state index >= 15 is 0 Å². The van der Waals surface area contributed by atoms with Gasteiger partial charge in [-0.2, -0.15) is 0 Å². The molecule has 1 aliphatic heterocycles. The van der Waals surface area contributed by atoms with Crippen LogP contribution in [0.15, 0.2) is 163 Å². The molecule has 1 aliphatic carbocycles. The van der Waals surface area contributed by atoms with Crippen LogP contribution >= 0.6 is 55.1 Å². The van der Waals surface area contributed by atoms with E-state index < -0.39 is 0 Å². The third-order valence-corrected chi connectivity index (χ3v) is 9.50. The standard InChI is InChI=1S/C40H22Br2Cl2O4/c41-27-13-9-25(10-14-27)35-19-23(21-37(47-35)29-5-1-3-7-33(29)43)17-31-39(45)32(40(31)46)18-24-20-36(26-11-15-28(42)16-12-26)48-38(22-24)30-6-2-4-8-34(30)44/h1-22H/p+1. The van der Waals surface area contributed by atoms with Gasteiger partial charge in [-0.05, 0) is 96.1 Å². The monoisotopic (exact) mass is 795 g/mol. The second-order valence-corrected chi connectivity index (χ2v) is 13.7. The number of Topliss-reactive ketones (excluding diaryl/α,β-unsaturated/α-hetero) is 1. The highest BCUT2D eigenvalue weighted by molar-refractivity contribution is 9.10.